The highest BCUT2D eigenvalue weighted by molar-refractivity contribution is 9.10. The van der Waals surface area contributed by atoms with E-state index in [9.17, 15) is 4.39 Å². The van der Waals surface area contributed by atoms with Crippen molar-refractivity contribution in [3.05, 3.63) is 28.0 Å². The number of hydrogen-bond acceptors (Lipinski definition) is 1. The van der Waals surface area contributed by atoms with Crippen molar-refractivity contribution in [1.82, 2.24) is 0 Å². The van der Waals surface area contributed by atoms with Gasteiger partial charge in [-0.3, -0.25) is 0 Å². The predicted molar refractivity (Wildman–Crippen MR) is 48.6 cm³/mol. The van der Waals surface area contributed by atoms with E-state index in [0.717, 1.165) is 0 Å². The standard InChI is InChI=1S/C9H6BrFO/c1-3-7-8(11)4-6(10)5-9(7)12-2/h1,4-5H,2H3. The van der Waals surface area contributed by atoms with Crippen LogP contribution in [0.15, 0.2) is 16.6 Å². The maximum atomic E-state index is 13.0. The summed E-state index contributed by atoms with van der Waals surface area (Å²) in [6.07, 6.45) is 5.09. The molecule has 1 rings (SSSR count). The molecule has 1 aromatic rings. The Morgan fingerprint density at radius 2 is 2.25 bits per heavy atom. The number of benzene rings is 1. The van der Waals surface area contributed by atoms with Crippen LogP contribution >= 0.6 is 15.9 Å². The second-order valence-electron chi connectivity index (χ2n) is 2.11. The molecule has 0 bridgehead atoms. The van der Waals surface area contributed by atoms with Gasteiger partial charge in [0.2, 0.25) is 0 Å². The van der Waals surface area contributed by atoms with Crippen LogP contribution in [-0.4, -0.2) is 7.11 Å². The third-order valence-electron chi connectivity index (χ3n) is 1.38. The van der Waals surface area contributed by atoms with Crippen LogP contribution in [0.2, 0.25) is 0 Å². The fourth-order valence-corrected chi connectivity index (χ4v) is 1.26. The smallest absolute Gasteiger partial charge is 0.143 e. The molecular weight excluding hydrogens is 223 g/mol. The highest BCUT2D eigenvalue weighted by Gasteiger charge is 2.07. The normalized spacial score (nSPS) is 9.17. The summed E-state index contributed by atoms with van der Waals surface area (Å²) in [5.74, 6) is 2.13. The molecule has 62 valence electrons. The van der Waals surface area contributed by atoms with Crippen molar-refractivity contribution >= 4 is 15.9 Å². The lowest BCUT2D eigenvalue weighted by Crippen LogP contribution is -1.91. The minimum absolute atomic E-state index is 0.153. The molecule has 3 heteroatoms. The summed E-state index contributed by atoms with van der Waals surface area (Å²) < 4.78 is 18.5. The lowest BCUT2D eigenvalue weighted by atomic mass is 10.2. The third-order valence-corrected chi connectivity index (χ3v) is 1.84. The average molecular weight is 229 g/mol. The molecule has 0 aromatic heterocycles. The van der Waals surface area contributed by atoms with Gasteiger partial charge in [-0.1, -0.05) is 21.9 Å². The second kappa shape index (κ2) is 3.59. The third kappa shape index (κ3) is 1.59. The van der Waals surface area contributed by atoms with Crippen LogP contribution in [0.5, 0.6) is 5.75 Å². The van der Waals surface area contributed by atoms with Gasteiger partial charge in [-0.25, -0.2) is 4.39 Å². The molecule has 1 aromatic carbocycles. The van der Waals surface area contributed by atoms with Crippen LogP contribution in [0.25, 0.3) is 0 Å². The van der Waals surface area contributed by atoms with E-state index < -0.39 is 5.82 Å². The van der Waals surface area contributed by atoms with Crippen molar-refractivity contribution in [2.24, 2.45) is 0 Å². The Hall–Kier alpha value is -1.01. The van der Waals surface area contributed by atoms with Crippen LogP contribution in [0.1, 0.15) is 5.56 Å². The van der Waals surface area contributed by atoms with E-state index in [-0.39, 0.29) is 5.56 Å². The molecule has 0 amide bonds. The van der Waals surface area contributed by atoms with Gasteiger partial charge in [0.1, 0.15) is 17.1 Å². The van der Waals surface area contributed by atoms with Crippen molar-refractivity contribution < 1.29 is 9.13 Å². The van der Waals surface area contributed by atoms with E-state index in [1.54, 1.807) is 6.07 Å². The zero-order valence-electron chi connectivity index (χ0n) is 6.40. The summed E-state index contributed by atoms with van der Waals surface area (Å²) in [4.78, 5) is 0. The topological polar surface area (TPSA) is 9.23 Å². The first-order chi connectivity index (χ1) is 5.69. The lowest BCUT2D eigenvalue weighted by molar-refractivity contribution is 0.409. The molecule has 0 saturated carbocycles. The number of halogens is 2. The molecule has 1 nitrogen and oxygen atoms in total. The minimum atomic E-state index is -0.455. The Bertz CT molecular complexity index is 341. The van der Waals surface area contributed by atoms with Crippen molar-refractivity contribution in [1.29, 1.82) is 0 Å². The highest BCUT2D eigenvalue weighted by atomic mass is 79.9. The number of hydrogen-bond donors (Lipinski definition) is 0. The molecule has 12 heavy (non-hydrogen) atoms. The van der Waals surface area contributed by atoms with Crippen molar-refractivity contribution in [2.45, 2.75) is 0 Å². The highest BCUT2D eigenvalue weighted by Crippen LogP contribution is 2.25. The SMILES string of the molecule is C#Cc1c(F)cc(Br)cc1OC. The summed E-state index contributed by atoms with van der Waals surface area (Å²) in [5, 5.41) is 0. The summed E-state index contributed by atoms with van der Waals surface area (Å²) in [7, 11) is 1.45. The second-order valence-corrected chi connectivity index (χ2v) is 3.02. The van der Waals surface area contributed by atoms with E-state index in [1.807, 2.05) is 0 Å². The first kappa shape index (κ1) is 9.08. The largest absolute Gasteiger partial charge is 0.495 e. The summed E-state index contributed by atoms with van der Waals surface area (Å²) >= 11 is 3.13. The molecule has 0 radical (unpaired) electrons. The lowest BCUT2D eigenvalue weighted by Gasteiger charge is -2.04. The van der Waals surface area contributed by atoms with Gasteiger partial charge in [-0.15, -0.1) is 6.42 Å². The maximum absolute atomic E-state index is 13.0. The van der Waals surface area contributed by atoms with E-state index in [0.29, 0.717) is 10.2 Å². The molecule has 0 aliphatic heterocycles. The molecule has 0 saturated heterocycles. The quantitative estimate of drug-likeness (QED) is 0.672. The molecule has 0 fully saturated rings. The molecule has 0 heterocycles. The fraction of sp³-hybridized carbons (Fsp3) is 0.111. The van der Waals surface area contributed by atoms with Crippen molar-refractivity contribution in [3.63, 3.8) is 0 Å². The Morgan fingerprint density at radius 1 is 1.58 bits per heavy atom. The van der Waals surface area contributed by atoms with Gasteiger partial charge in [0.05, 0.1) is 7.11 Å². The number of terminal acetylenes is 1. The molecule has 0 atom stereocenters. The van der Waals surface area contributed by atoms with E-state index in [1.165, 1.54) is 13.2 Å². The Balaban J connectivity index is 3.36. The summed E-state index contributed by atoms with van der Waals surface area (Å²) in [6.45, 7) is 0. The minimum Gasteiger partial charge on any atom is -0.495 e. The number of ether oxygens (including phenoxy) is 1. The zero-order valence-corrected chi connectivity index (χ0v) is 7.98. The monoisotopic (exact) mass is 228 g/mol. The van der Waals surface area contributed by atoms with Gasteiger partial charge in [-0.05, 0) is 12.1 Å². The summed E-state index contributed by atoms with van der Waals surface area (Å²) in [5.41, 5.74) is 0.153. The summed E-state index contributed by atoms with van der Waals surface area (Å²) in [6, 6.07) is 2.93. The Kier molecular flexibility index (Phi) is 2.72. The average Bonchev–Trinajstić information content (AvgIpc) is 2.03. The van der Waals surface area contributed by atoms with Crippen LogP contribution in [0.4, 0.5) is 4.39 Å². The Labute approximate surface area is 78.7 Å². The van der Waals surface area contributed by atoms with Gasteiger partial charge in [-0.2, -0.15) is 0 Å². The maximum Gasteiger partial charge on any atom is 0.143 e. The van der Waals surface area contributed by atoms with Crippen molar-refractivity contribution in [3.8, 4) is 18.1 Å². The van der Waals surface area contributed by atoms with Gasteiger partial charge >= 0.3 is 0 Å². The van der Waals surface area contributed by atoms with Gasteiger partial charge in [0.15, 0.2) is 0 Å². The van der Waals surface area contributed by atoms with Crippen LogP contribution in [0, 0.1) is 18.2 Å². The fourth-order valence-electron chi connectivity index (χ4n) is 0.851. The van der Waals surface area contributed by atoms with Gasteiger partial charge in [0, 0.05) is 4.47 Å². The van der Waals surface area contributed by atoms with Crippen LogP contribution < -0.4 is 4.74 Å². The molecule has 0 unspecified atom stereocenters. The van der Waals surface area contributed by atoms with Crippen LogP contribution in [-0.2, 0) is 0 Å². The first-order valence-corrected chi connectivity index (χ1v) is 3.98. The molecule has 0 spiro atoms. The molecule has 0 N–H and O–H groups in total. The molecule has 0 aliphatic rings. The van der Waals surface area contributed by atoms with Gasteiger partial charge < -0.3 is 4.74 Å². The van der Waals surface area contributed by atoms with E-state index >= 15 is 0 Å². The van der Waals surface area contributed by atoms with Crippen LogP contribution in [0.3, 0.4) is 0 Å². The number of methoxy groups -OCH3 is 1. The Morgan fingerprint density at radius 3 is 2.75 bits per heavy atom. The molecule has 0 aliphatic carbocycles. The predicted octanol–water partition coefficient (Wildman–Crippen LogP) is 2.58. The van der Waals surface area contributed by atoms with Gasteiger partial charge in [0.25, 0.3) is 0 Å². The van der Waals surface area contributed by atoms with E-state index in [2.05, 4.69) is 21.9 Å². The van der Waals surface area contributed by atoms with E-state index in [4.69, 9.17) is 11.2 Å². The zero-order chi connectivity index (χ0) is 9.14. The first-order valence-electron chi connectivity index (χ1n) is 3.18. The molecular formula is C9H6BrFO. The number of rotatable bonds is 1. The van der Waals surface area contributed by atoms with Crippen molar-refractivity contribution in [2.75, 3.05) is 7.11 Å².